The van der Waals surface area contributed by atoms with E-state index in [1.807, 2.05) is 6.92 Å². The van der Waals surface area contributed by atoms with E-state index < -0.39 is 10.0 Å². The van der Waals surface area contributed by atoms with Gasteiger partial charge in [-0.15, -0.1) is 0 Å². The Morgan fingerprint density at radius 1 is 1.23 bits per heavy atom. The van der Waals surface area contributed by atoms with Gasteiger partial charge in [0.1, 0.15) is 0 Å². The van der Waals surface area contributed by atoms with E-state index in [9.17, 15) is 8.42 Å². The maximum atomic E-state index is 11.1. The van der Waals surface area contributed by atoms with Crippen LogP contribution >= 0.6 is 0 Å². The summed E-state index contributed by atoms with van der Waals surface area (Å²) < 4.78 is 25.0. The monoisotopic (exact) mass is 197 g/mol. The van der Waals surface area contributed by atoms with Gasteiger partial charge in [0.2, 0.25) is 0 Å². The van der Waals surface area contributed by atoms with Crippen LogP contribution in [-0.4, -0.2) is 8.42 Å². The summed E-state index contributed by atoms with van der Waals surface area (Å²) >= 11 is 0. The zero-order valence-electron chi connectivity index (χ0n) is 6.88. The molecule has 13 heavy (non-hydrogen) atoms. The van der Waals surface area contributed by atoms with Crippen molar-refractivity contribution in [3.8, 4) is 0 Å². The van der Waals surface area contributed by atoms with E-state index in [-0.39, 0.29) is 4.90 Å². The van der Waals surface area contributed by atoms with Gasteiger partial charge in [-0.3, -0.25) is 0 Å². The summed E-state index contributed by atoms with van der Waals surface area (Å²) in [4.78, 5) is 2.25. The lowest BCUT2D eigenvalue weighted by atomic mass is 10.2. The SMILES string of the molecule is Cc1ccc(S(=O)(=O)[N+]=[N+]=[N-])cc1. The third-order valence-corrected chi connectivity index (χ3v) is 2.62. The second kappa shape index (κ2) is 3.47. The predicted octanol–water partition coefficient (Wildman–Crippen LogP) is 1.33. The molecule has 0 unspecified atom stereocenters. The smallest absolute Gasteiger partial charge is 0.193 e. The van der Waals surface area contributed by atoms with E-state index in [0.29, 0.717) is 0 Å². The number of rotatable bonds is 2. The summed E-state index contributed by atoms with van der Waals surface area (Å²) in [6.07, 6.45) is 0. The summed E-state index contributed by atoms with van der Waals surface area (Å²) in [5.74, 6) is 0. The van der Waals surface area contributed by atoms with Gasteiger partial charge in [0.25, 0.3) is 9.43 Å². The molecule has 1 rings (SSSR count). The third-order valence-electron chi connectivity index (χ3n) is 1.46. The van der Waals surface area contributed by atoms with E-state index >= 15 is 0 Å². The van der Waals surface area contributed by atoms with Gasteiger partial charge in [0.05, 0.1) is 4.90 Å². The number of hydrogen-bond donors (Lipinski definition) is 0. The first-order chi connectivity index (χ1) is 6.06. The molecular weight excluding hydrogens is 190 g/mol. The van der Waals surface area contributed by atoms with E-state index in [4.69, 9.17) is 5.53 Å². The van der Waals surface area contributed by atoms with Gasteiger partial charge in [-0.05, 0) is 19.1 Å². The molecule has 0 N–H and O–H groups in total. The Bertz CT molecular complexity index is 443. The molecule has 0 amide bonds. The minimum atomic E-state index is -3.82. The number of sulfonamides is 1. The van der Waals surface area contributed by atoms with Gasteiger partial charge in [-0.1, -0.05) is 17.7 Å². The standard InChI is InChI=1S/C7H7N3O2S/c1-6-2-4-7(5-3-6)13(11,12)10-9-8/h2-5H,1H3/q+1. The van der Waals surface area contributed by atoms with Crippen LogP contribution in [-0.2, 0) is 10.0 Å². The van der Waals surface area contributed by atoms with Crippen molar-refractivity contribution in [2.75, 3.05) is 0 Å². The van der Waals surface area contributed by atoms with Crippen LogP contribution in [0.5, 0.6) is 0 Å². The lowest BCUT2D eigenvalue weighted by Crippen LogP contribution is -2.04. The van der Waals surface area contributed by atoms with Crippen molar-refractivity contribution in [2.45, 2.75) is 11.8 Å². The minimum absolute atomic E-state index is 0.0101. The fourth-order valence-corrected chi connectivity index (χ4v) is 1.48. The molecule has 0 aliphatic heterocycles. The molecule has 0 fully saturated rings. The molecule has 1 aromatic rings. The first kappa shape index (κ1) is 9.57. The Morgan fingerprint density at radius 3 is 2.23 bits per heavy atom. The molecule has 0 aliphatic carbocycles. The summed E-state index contributed by atoms with van der Waals surface area (Å²) in [5.41, 5.74) is 8.94. The fourth-order valence-electron chi connectivity index (χ4n) is 0.805. The van der Waals surface area contributed by atoms with Crippen molar-refractivity contribution in [1.82, 2.24) is 4.52 Å². The molecule has 0 saturated heterocycles. The number of hydrogen-bond acceptors (Lipinski definition) is 2. The van der Waals surface area contributed by atoms with Crippen LogP contribution in [0.15, 0.2) is 29.2 Å². The van der Waals surface area contributed by atoms with Crippen molar-refractivity contribution < 1.29 is 8.42 Å². The minimum Gasteiger partial charge on any atom is -0.193 e. The summed E-state index contributed by atoms with van der Waals surface area (Å²) in [5, 5.41) is 0. The normalized spacial score (nSPS) is 10.5. The van der Waals surface area contributed by atoms with Gasteiger partial charge >= 0.3 is 15.6 Å². The fraction of sp³-hybridized carbons (Fsp3) is 0.143. The highest BCUT2D eigenvalue weighted by Gasteiger charge is 2.17. The molecular formula is C7H7N3O2S+. The van der Waals surface area contributed by atoms with Crippen LogP contribution in [0.25, 0.3) is 10.4 Å². The van der Waals surface area contributed by atoms with Crippen molar-refractivity contribution in [1.29, 1.82) is 0 Å². The maximum absolute atomic E-state index is 11.1. The Labute approximate surface area is 75.7 Å². The molecule has 0 bridgehead atoms. The van der Waals surface area contributed by atoms with Gasteiger partial charge < -0.3 is 0 Å². The van der Waals surface area contributed by atoms with Crippen molar-refractivity contribution >= 4 is 10.0 Å². The molecule has 0 saturated carbocycles. The Hall–Kier alpha value is -1.52. The van der Waals surface area contributed by atoms with E-state index in [2.05, 4.69) is 9.43 Å². The van der Waals surface area contributed by atoms with E-state index in [1.54, 1.807) is 12.1 Å². The van der Waals surface area contributed by atoms with Crippen LogP contribution in [0.2, 0.25) is 0 Å². The van der Waals surface area contributed by atoms with Crippen molar-refractivity contribution in [2.24, 2.45) is 0 Å². The summed E-state index contributed by atoms with van der Waals surface area (Å²) in [6, 6.07) is 6.08. The number of benzene rings is 1. The average molecular weight is 197 g/mol. The Kier molecular flexibility index (Phi) is 2.55. The van der Waals surface area contributed by atoms with Gasteiger partial charge in [-0.25, -0.2) is 0 Å². The third kappa shape index (κ3) is 2.21. The molecule has 6 heteroatoms. The Balaban J connectivity index is 3.24. The zero-order valence-corrected chi connectivity index (χ0v) is 7.69. The summed E-state index contributed by atoms with van der Waals surface area (Å²) in [7, 11) is -3.82. The van der Waals surface area contributed by atoms with Crippen molar-refractivity contribution in [3.05, 3.63) is 40.3 Å². The topological polar surface area (TPSA) is 84.6 Å². The molecule has 0 atom stereocenters. The molecule has 5 nitrogen and oxygen atoms in total. The van der Waals surface area contributed by atoms with Gasteiger partial charge in [0.15, 0.2) is 0 Å². The van der Waals surface area contributed by atoms with Crippen LogP contribution < -0.4 is 4.52 Å². The van der Waals surface area contributed by atoms with Crippen LogP contribution in [0.1, 0.15) is 5.56 Å². The van der Waals surface area contributed by atoms with Crippen LogP contribution in [0.3, 0.4) is 0 Å². The van der Waals surface area contributed by atoms with Crippen molar-refractivity contribution in [3.63, 3.8) is 0 Å². The molecule has 67 valence electrons. The van der Waals surface area contributed by atoms with Gasteiger partial charge in [-0.2, -0.15) is 8.42 Å². The molecule has 0 aromatic heterocycles. The number of azide groups is 1. The first-order valence-electron chi connectivity index (χ1n) is 3.44. The van der Waals surface area contributed by atoms with E-state index in [0.717, 1.165) is 5.56 Å². The summed E-state index contributed by atoms with van der Waals surface area (Å²) in [6.45, 7) is 1.84. The molecule has 0 heterocycles. The first-order valence-corrected chi connectivity index (χ1v) is 4.88. The average Bonchev–Trinajstić information content (AvgIpc) is 2.05. The highest BCUT2D eigenvalue weighted by atomic mass is 32.2. The largest absolute Gasteiger partial charge is 0.357 e. The highest BCUT2D eigenvalue weighted by Crippen LogP contribution is 2.08. The quantitative estimate of drug-likeness (QED) is 0.407. The number of aryl methyl sites for hydroxylation is 1. The Morgan fingerprint density at radius 2 is 1.77 bits per heavy atom. The molecule has 1 radical (unpaired) electrons. The van der Waals surface area contributed by atoms with Crippen LogP contribution in [0, 0.1) is 6.92 Å². The lowest BCUT2D eigenvalue weighted by Gasteiger charge is -1.93. The van der Waals surface area contributed by atoms with E-state index in [1.165, 1.54) is 12.1 Å². The molecule has 1 aromatic carbocycles. The second-order valence-electron chi connectivity index (χ2n) is 2.46. The lowest BCUT2D eigenvalue weighted by molar-refractivity contribution is 0.593. The maximum Gasteiger partial charge on any atom is 0.357 e. The van der Waals surface area contributed by atoms with Gasteiger partial charge in [0, 0.05) is 0 Å². The zero-order chi connectivity index (χ0) is 9.90. The highest BCUT2D eigenvalue weighted by molar-refractivity contribution is 7.89. The molecule has 0 spiro atoms. The molecule has 0 aliphatic rings. The van der Waals surface area contributed by atoms with Crippen LogP contribution in [0.4, 0.5) is 0 Å². The second-order valence-corrected chi connectivity index (χ2v) is 4.04. The number of nitrogens with zero attached hydrogens (tertiary/aromatic N) is 3. The predicted molar refractivity (Wildman–Crippen MR) is 47.2 cm³/mol.